The standard InChI is InChI=1S/C22H21N3O4/c1-3-24(12-15-8-10-16(28-2)11-9-15)19(26)13-25-14-23-20-17-6-4-5-7-18(17)29-21(20)22(25)27/h4-11,14H,3,12-13H2,1-2H3. The number of furan rings is 1. The van der Waals surface area contributed by atoms with Crippen LogP contribution in [0.15, 0.2) is 64.1 Å². The predicted molar refractivity (Wildman–Crippen MR) is 110 cm³/mol. The van der Waals surface area contributed by atoms with E-state index in [0.717, 1.165) is 16.7 Å². The van der Waals surface area contributed by atoms with Crippen LogP contribution in [0.3, 0.4) is 0 Å². The number of likely N-dealkylation sites (N-methyl/N-ethyl adjacent to an activating group) is 1. The molecule has 0 fully saturated rings. The highest BCUT2D eigenvalue weighted by Crippen LogP contribution is 2.24. The Morgan fingerprint density at radius 2 is 1.93 bits per heavy atom. The second-order valence-electron chi connectivity index (χ2n) is 6.71. The van der Waals surface area contributed by atoms with Crippen molar-refractivity contribution in [3.05, 3.63) is 70.8 Å². The number of rotatable bonds is 6. The maximum atomic E-state index is 12.8. The van der Waals surface area contributed by atoms with Gasteiger partial charge in [-0.15, -0.1) is 0 Å². The van der Waals surface area contributed by atoms with Crippen LogP contribution in [-0.4, -0.2) is 34.0 Å². The second-order valence-corrected chi connectivity index (χ2v) is 6.71. The molecule has 2 aromatic carbocycles. The third-order valence-corrected chi connectivity index (χ3v) is 4.92. The van der Waals surface area contributed by atoms with Gasteiger partial charge in [-0.05, 0) is 36.8 Å². The number of carbonyl (C=O) groups excluding carboxylic acids is 1. The van der Waals surface area contributed by atoms with Gasteiger partial charge in [-0.1, -0.05) is 24.3 Å². The minimum atomic E-state index is -0.361. The van der Waals surface area contributed by atoms with Crippen molar-refractivity contribution in [2.24, 2.45) is 0 Å². The summed E-state index contributed by atoms with van der Waals surface area (Å²) in [5.41, 5.74) is 1.91. The van der Waals surface area contributed by atoms with E-state index in [1.165, 1.54) is 10.9 Å². The highest BCUT2D eigenvalue weighted by atomic mass is 16.5. The molecule has 2 aromatic heterocycles. The molecule has 0 spiro atoms. The van der Waals surface area contributed by atoms with Crippen molar-refractivity contribution in [1.82, 2.24) is 14.5 Å². The van der Waals surface area contributed by atoms with Gasteiger partial charge in [0.15, 0.2) is 0 Å². The molecule has 29 heavy (non-hydrogen) atoms. The van der Waals surface area contributed by atoms with Crippen LogP contribution in [0.5, 0.6) is 5.75 Å². The topological polar surface area (TPSA) is 77.6 Å². The largest absolute Gasteiger partial charge is 0.497 e. The molecule has 0 atom stereocenters. The lowest BCUT2D eigenvalue weighted by Gasteiger charge is -2.21. The average molecular weight is 391 g/mol. The molecule has 1 amide bonds. The van der Waals surface area contributed by atoms with E-state index >= 15 is 0 Å². The van der Waals surface area contributed by atoms with E-state index in [0.29, 0.717) is 24.2 Å². The van der Waals surface area contributed by atoms with E-state index in [1.807, 2.05) is 49.4 Å². The van der Waals surface area contributed by atoms with Crippen LogP contribution >= 0.6 is 0 Å². The van der Waals surface area contributed by atoms with Gasteiger partial charge in [0.2, 0.25) is 11.5 Å². The Hall–Kier alpha value is -3.61. The lowest BCUT2D eigenvalue weighted by Crippen LogP contribution is -2.36. The molecule has 0 aliphatic heterocycles. The molecule has 2 heterocycles. The van der Waals surface area contributed by atoms with Gasteiger partial charge in [0.05, 0.1) is 13.4 Å². The van der Waals surface area contributed by atoms with Crippen molar-refractivity contribution in [3.63, 3.8) is 0 Å². The number of amides is 1. The summed E-state index contributed by atoms with van der Waals surface area (Å²) in [6.45, 7) is 2.79. The Balaban J connectivity index is 1.57. The number of benzene rings is 2. The lowest BCUT2D eigenvalue weighted by atomic mass is 10.2. The highest BCUT2D eigenvalue weighted by molar-refractivity contribution is 6.01. The molecule has 0 bridgehead atoms. The van der Waals surface area contributed by atoms with Gasteiger partial charge in [0.1, 0.15) is 23.4 Å². The zero-order chi connectivity index (χ0) is 20.4. The maximum absolute atomic E-state index is 12.8. The highest BCUT2D eigenvalue weighted by Gasteiger charge is 2.17. The lowest BCUT2D eigenvalue weighted by molar-refractivity contribution is -0.132. The molecule has 0 N–H and O–H groups in total. The van der Waals surface area contributed by atoms with E-state index in [4.69, 9.17) is 9.15 Å². The van der Waals surface area contributed by atoms with Gasteiger partial charge < -0.3 is 14.1 Å². The zero-order valence-corrected chi connectivity index (χ0v) is 16.3. The molecule has 4 rings (SSSR count). The van der Waals surface area contributed by atoms with Crippen molar-refractivity contribution in [3.8, 4) is 5.75 Å². The summed E-state index contributed by atoms with van der Waals surface area (Å²) >= 11 is 0. The van der Waals surface area contributed by atoms with Crippen molar-refractivity contribution in [2.45, 2.75) is 20.0 Å². The Morgan fingerprint density at radius 3 is 2.66 bits per heavy atom. The maximum Gasteiger partial charge on any atom is 0.297 e. The number of para-hydroxylation sites is 1. The molecule has 0 saturated heterocycles. The van der Waals surface area contributed by atoms with Crippen molar-refractivity contribution < 1.29 is 13.9 Å². The van der Waals surface area contributed by atoms with Gasteiger partial charge in [0.25, 0.3) is 5.56 Å². The summed E-state index contributed by atoms with van der Waals surface area (Å²) in [6, 6.07) is 14.9. The number of ether oxygens (including phenoxy) is 1. The molecule has 0 aliphatic rings. The summed E-state index contributed by atoms with van der Waals surface area (Å²) in [4.78, 5) is 31.7. The number of hydrogen-bond acceptors (Lipinski definition) is 5. The number of hydrogen-bond donors (Lipinski definition) is 0. The Kier molecular flexibility index (Phi) is 5.03. The van der Waals surface area contributed by atoms with Gasteiger partial charge in [-0.25, -0.2) is 4.98 Å². The van der Waals surface area contributed by atoms with Gasteiger partial charge in [-0.2, -0.15) is 0 Å². The molecule has 7 nitrogen and oxygen atoms in total. The van der Waals surface area contributed by atoms with Crippen LogP contribution in [0.2, 0.25) is 0 Å². The number of carbonyl (C=O) groups is 1. The summed E-state index contributed by atoms with van der Waals surface area (Å²) in [6.07, 6.45) is 1.41. The first kappa shape index (κ1) is 18.7. The molecular formula is C22H21N3O4. The fourth-order valence-corrected chi connectivity index (χ4v) is 3.30. The molecule has 0 saturated carbocycles. The molecule has 0 radical (unpaired) electrons. The van der Waals surface area contributed by atoms with E-state index in [-0.39, 0.29) is 23.6 Å². The number of aromatic nitrogens is 2. The molecule has 0 aliphatic carbocycles. The average Bonchev–Trinajstić information content (AvgIpc) is 3.14. The quantitative estimate of drug-likeness (QED) is 0.504. The smallest absolute Gasteiger partial charge is 0.297 e. The first-order valence-corrected chi connectivity index (χ1v) is 9.38. The summed E-state index contributed by atoms with van der Waals surface area (Å²) in [7, 11) is 1.61. The Bertz CT molecular complexity index is 1220. The Morgan fingerprint density at radius 1 is 1.17 bits per heavy atom. The van der Waals surface area contributed by atoms with E-state index in [1.54, 1.807) is 18.1 Å². The van der Waals surface area contributed by atoms with E-state index < -0.39 is 0 Å². The van der Waals surface area contributed by atoms with Crippen LogP contribution in [0.25, 0.3) is 22.1 Å². The van der Waals surface area contributed by atoms with Gasteiger partial charge in [-0.3, -0.25) is 14.2 Å². The summed E-state index contributed by atoms with van der Waals surface area (Å²) < 4.78 is 12.1. The first-order valence-electron chi connectivity index (χ1n) is 9.38. The molecule has 148 valence electrons. The number of methoxy groups -OCH3 is 1. The van der Waals surface area contributed by atoms with Crippen LogP contribution in [0, 0.1) is 0 Å². The zero-order valence-electron chi connectivity index (χ0n) is 16.3. The van der Waals surface area contributed by atoms with Crippen molar-refractivity contribution in [1.29, 1.82) is 0 Å². The first-order chi connectivity index (χ1) is 14.1. The predicted octanol–water partition coefficient (Wildman–Crippen LogP) is 3.20. The monoisotopic (exact) mass is 391 g/mol. The minimum absolute atomic E-state index is 0.0944. The van der Waals surface area contributed by atoms with E-state index in [2.05, 4.69) is 4.98 Å². The summed E-state index contributed by atoms with van der Waals surface area (Å²) in [5.74, 6) is 0.600. The van der Waals surface area contributed by atoms with Gasteiger partial charge >= 0.3 is 0 Å². The van der Waals surface area contributed by atoms with Crippen molar-refractivity contribution >= 4 is 28.0 Å². The second kappa shape index (κ2) is 7.79. The molecule has 4 aromatic rings. The third kappa shape index (κ3) is 3.59. The van der Waals surface area contributed by atoms with Crippen LogP contribution < -0.4 is 10.3 Å². The van der Waals surface area contributed by atoms with Crippen LogP contribution in [0.1, 0.15) is 12.5 Å². The number of fused-ring (bicyclic) bond motifs is 3. The fraction of sp³-hybridized carbons (Fsp3) is 0.227. The van der Waals surface area contributed by atoms with Crippen molar-refractivity contribution in [2.75, 3.05) is 13.7 Å². The number of nitrogens with zero attached hydrogens (tertiary/aromatic N) is 3. The normalized spacial score (nSPS) is 11.1. The molecular weight excluding hydrogens is 370 g/mol. The Labute approximate surface area is 167 Å². The fourth-order valence-electron chi connectivity index (χ4n) is 3.30. The third-order valence-electron chi connectivity index (χ3n) is 4.92. The van der Waals surface area contributed by atoms with Crippen LogP contribution in [0.4, 0.5) is 0 Å². The minimum Gasteiger partial charge on any atom is -0.497 e. The molecule has 0 unspecified atom stereocenters. The SMILES string of the molecule is CCN(Cc1ccc(OC)cc1)C(=O)Cn1cnc2c(oc3ccccc32)c1=O. The molecule has 7 heteroatoms. The van der Waals surface area contributed by atoms with Crippen LogP contribution in [-0.2, 0) is 17.9 Å². The van der Waals surface area contributed by atoms with Gasteiger partial charge in [0, 0.05) is 18.5 Å². The van der Waals surface area contributed by atoms with E-state index in [9.17, 15) is 9.59 Å². The summed E-state index contributed by atoms with van der Waals surface area (Å²) in [5, 5.41) is 0.785.